The molecule has 1 aromatic rings. The number of hydrogen-bond donors (Lipinski definition) is 1. The van der Waals surface area contributed by atoms with Gasteiger partial charge in [0.25, 0.3) is 5.91 Å². The van der Waals surface area contributed by atoms with Crippen molar-refractivity contribution < 1.29 is 14.3 Å². The van der Waals surface area contributed by atoms with Crippen LogP contribution in [0.25, 0.3) is 0 Å². The van der Waals surface area contributed by atoms with Crippen LogP contribution >= 0.6 is 24.0 Å². The van der Waals surface area contributed by atoms with E-state index in [1.54, 1.807) is 17.0 Å². The Morgan fingerprint density at radius 3 is 2.37 bits per heavy atom. The number of anilines is 1. The van der Waals surface area contributed by atoms with Crippen molar-refractivity contribution in [2.75, 3.05) is 39.0 Å². The number of carbonyl (C=O) groups excluding carboxylic acids is 2. The van der Waals surface area contributed by atoms with E-state index in [1.165, 1.54) is 7.11 Å². The summed E-state index contributed by atoms with van der Waals surface area (Å²) in [4.78, 5) is 28.9. The summed E-state index contributed by atoms with van der Waals surface area (Å²) in [7, 11) is 1.51. The summed E-state index contributed by atoms with van der Waals surface area (Å²) in [6, 6.07) is 3.15. The summed E-state index contributed by atoms with van der Waals surface area (Å²) in [5.41, 5.74) is 6.60. The number of carbonyl (C=O) groups is 2. The lowest BCUT2D eigenvalue weighted by Gasteiger charge is -2.32. The first kappa shape index (κ1) is 21.6. The molecule has 150 valence electrons. The molecule has 3 rings (SSSR count). The van der Waals surface area contributed by atoms with Gasteiger partial charge >= 0.3 is 0 Å². The number of nitrogens with zero attached hydrogens (tertiary/aromatic N) is 2. The minimum atomic E-state index is -0.104. The maximum Gasteiger partial charge on any atom is 0.257 e. The van der Waals surface area contributed by atoms with E-state index in [0.29, 0.717) is 47.5 Å². The van der Waals surface area contributed by atoms with Crippen molar-refractivity contribution in [3.05, 3.63) is 22.7 Å². The number of piperidine rings is 1. The van der Waals surface area contributed by atoms with Crippen LogP contribution < -0.4 is 10.5 Å². The van der Waals surface area contributed by atoms with E-state index < -0.39 is 0 Å². The molecule has 0 unspecified atom stereocenters. The van der Waals surface area contributed by atoms with Crippen molar-refractivity contribution in [1.29, 1.82) is 0 Å². The van der Waals surface area contributed by atoms with Crippen LogP contribution in [0.2, 0.25) is 5.02 Å². The number of benzene rings is 1. The van der Waals surface area contributed by atoms with Crippen molar-refractivity contribution in [2.24, 2.45) is 5.92 Å². The third-order valence-electron chi connectivity index (χ3n) is 5.37. The highest BCUT2D eigenvalue weighted by Gasteiger charge is 2.28. The average molecular weight is 416 g/mol. The standard InChI is InChI=1S/C19H26ClN3O3.ClH/c1-26-17-12-16(21)15(20)11-14(17)19(25)23-8-4-13(5-9-23)10-18(24)22-6-2-3-7-22;/h11-13H,2-10,21H2,1H3;1H. The molecule has 2 aliphatic rings. The second-order valence-corrected chi connectivity index (χ2v) is 7.51. The van der Waals surface area contributed by atoms with Gasteiger partial charge in [0.2, 0.25) is 5.91 Å². The number of nitrogens with two attached hydrogens (primary N) is 1. The lowest BCUT2D eigenvalue weighted by Crippen LogP contribution is -2.40. The van der Waals surface area contributed by atoms with E-state index in [1.807, 2.05) is 4.90 Å². The Hall–Kier alpha value is -1.66. The molecular formula is C19H27Cl2N3O3. The summed E-state index contributed by atoms with van der Waals surface area (Å²) in [5, 5.41) is 0.347. The molecule has 0 saturated carbocycles. The zero-order valence-corrected chi connectivity index (χ0v) is 17.2. The number of rotatable bonds is 4. The molecule has 2 N–H and O–H groups in total. The summed E-state index contributed by atoms with van der Waals surface area (Å²) < 4.78 is 5.29. The molecular weight excluding hydrogens is 389 g/mol. The van der Waals surface area contributed by atoms with Crippen molar-refractivity contribution in [2.45, 2.75) is 32.1 Å². The van der Waals surface area contributed by atoms with Gasteiger partial charge in [0, 0.05) is 38.7 Å². The minimum absolute atomic E-state index is 0. The van der Waals surface area contributed by atoms with Gasteiger partial charge in [0.05, 0.1) is 23.4 Å². The smallest absolute Gasteiger partial charge is 0.257 e. The van der Waals surface area contributed by atoms with Crippen molar-refractivity contribution >= 4 is 41.5 Å². The third kappa shape index (κ3) is 4.99. The summed E-state index contributed by atoms with van der Waals surface area (Å²) in [6.45, 7) is 3.07. The molecule has 2 heterocycles. The fourth-order valence-corrected chi connectivity index (χ4v) is 3.92. The molecule has 2 amide bonds. The number of likely N-dealkylation sites (tertiary alicyclic amines) is 2. The van der Waals surface area contributed by atoms with Gasteiger partial charge in [-0.05, 0) is 37.7 Å². The van der Waals surface area contributed by atoms with Gasteiger partial charge in [-0.3, -0.25) is 9.59 Å². The Balaban J connectivity index is 0.00000261. The van der Waals surface area contributed by atoms with Crippen LogP contribution in [0.3, 0.4) is 0 Å². The highest BCUT2D eigenvalue weighted by Crippen LogP contribution is 2.31. The van der Waals surface area contributed by atoms with E-state index in [9.17, 15) is 9.59 Å². The van der Waals surface area contributed by atoms with Gasteiger partial charge in [-0.1, -0.05) is 11.6 Å². The van der Waals surface area contributed by atoms with Crippen molar-refractivity contribution in [1.82, 2.24) is 9.80 Å². The molecule has 2 aliphatic heterocycles. The number of nitrogen functional groups attached to an aromatic ring is 1. The number of ether oxygens (including phenoxy) is 1. The molecule has 0 aliphatic carbocycles. The van der Waals surface area contributed by atoms with Crippen LogP contribution in [0.5, 0.6) is 5.75 Å². The van der Waals surface area contributed by atoms with Gasteiger partial charge in [0.1, 0.15) is 5.75 Å². The van der Waals surface area contributed by atoms with E-state index >= 15 is 0 Å². The molecule has 8 heteroatoms. The molecule has 6 nitrogen and oxygen atoms in total. The monoisotopic (exact) mass is 415 g/mol. The van der Waals surface area contributed by atoms with Crippen molar-refractivity contribution in [3.63, 3.8) is 0 Å². The zero-order valence-electron chi connectivity index (χ0n) is 15.6. The van der Waals surface area contributed by atoms with Gasteiger partial charge in [-0.25, -0.2) is 0 Å². The maximum absolute atomic E-state index is 12.9. The Kier molecular flexibility index (Phi) is 7.62. The van der Waals surface area contributed by atoms with Crippen LogP contribution in [0, 0.1) is 5.92 Å². The molecule has 27 heavy (non-hydrogen) atoms. The Morgan fingerprint density at radius 2 is 1.78 bits per heavy atom. The van der Waals surface area contributed by atoms with Gasteiger partial charge in [0.15, 0.2) is 0 Å². The van der Waals surface area contributed by atoms with Crippen molar-refractivity contribution in [3.8, 4) is 5.75 Å². The molecule has 2 saturated heterocycles. The Morgan fingerprint density at radius 1 is 1.15 bits per heavy atom. The topological polar surface area (TPSA) is 75.9 Å². The first-order chi connectivity index (χ1) is 12.5. The zero-order chi connectivity index (χ0) is 18.7. The molecule has 0 spiro atoms. The second-order valence-electron chi connectivity index (χ2n) is 7.10. The summed E-state index contributed by atoms with van der Waals surface area (Å²) in [6.07, 6.45) is 4.51. The van der Waals surface area contributed by atoms with Crippen LogP contribution in [0.1, 0.15) is 42.5 Å². The normalized spacial score (nSPS) is 17.6. The number of halogens is 2. The van der Waals surface area contributed by atoms with E-state index in [-0.39, 0.29) is 24.2 Å². The van der Waals surface area contributed by atoms with Crippen LogP contribution in [0.4, 0.5) is 5.69 Å². The SMILES string of the molecule is COc1cc(N)c(Cl)cc1C(=O)N1CCC(CC(=O)N2CCCC2)CC1.Cl. The average Bonchev–Trinajstić information content (AvgIpc) is 3.18. The van der Waals surface area contributed by atoms with E-state index in [0.717, 1.165) is 38.8 Å². The second kappa shape index (κ2) is 9.51. The molecule has 0 radical (unpaired) electrons. The highest BCUT2D eigenvalue weighted by molar-refractivity contribution is 6.33. The molecule has 0 atom stereocenters. The fraction of sp³-hybridized carbons (Fsp3) is 0.579. The van der Waals surface area contributed by atoms with Crippen LogP contribution in [-0.2, 0) is 4.79 Å². The molecule has 0 bridgehead atoms. The predicted molar refractivity (Wildman–Crippen MR) is 109 cm³/mol. The lowest BCUT2D eigenvalue weighted by atomic mass is 9.92. The number of methoxy groups -OCH3 is 1. The Labute approximate surface area is 171 Å². The fourth-order valence-electron chi connectivity index (χ4n) is 3.76. The maximum atomic E-state index is 12.9. The van der Waals surface area contributed by atoms with E-state index in [2.05, 4.69) is 0 Å². The number of hydrogen-bond acceptors (Lipinski definition) is 4. The number of amides is 2. The first-order valence-electron chi connectivity index (χ1n) is 9.19. The van der Waals surface area contributed by atoms with Gasteiger partial charge < -0.3 is 20.3 Å². The predicted octanol–water partition coefficient (Wildman–Crippen LogP) is 3.22. The highest BCUT2D eigenvalue weighted by atomic mass is 35.5. The molecule has 1 aromatic carbocycles. The van der Waals surface area contributed by atoms with E-state index in [4.69, 9.17) is 22.1 Å². The quantitative estimate of drug-likeness (QED) is 0.765. The first-order valence-corrected chi connectivity index (χ1v) is 9.57. The summed E-state index contributed by atoms with van der Waals surface area (Å²) >= 11 is 6.07. The van der Waals surface area contributed by atoms with Crippen LogP contribution in [-0.4, -0.2) is 54.9 Å². The van der Waals surface area contributed by atoms with Crippen LogP contribution in [0.15, 0.2) is 12.1 Å². The summed E-state index contributed by atoms with van der Waals surface area (Å²) in [5.74, 6) is 0.944. The van der Waals surface area contributed by atoms with Gasteiger partial charge in [-0.2, -0.15) is 0 Å². The minimum Gasteiger partial charge on any atom is -0.496 e. The largest absolute Gasteiger partial charge is 0.496 e. The lowest BCUT2D eigenvalue weighted by molar-refractivity contribution is -0.131. The molecule has 2 fully saturated rings. The Bertz CT molecular complexity index is 685. The molecule has 0 aromatic heterocycles. The van der Waals surface area contributed by atoms with Gasteiger partial charge in [-0.15, -0.1) is 12.4 Å². The third-order valence-corrected chi connectivity index (χ3v) is 5.70.